The van der Waals surface area contributed by atoms with E-state index in [4.69, 9.17) is 14.6 Å². The predicted octanol–water partition coefficient (Wildman–Crippen LogP) is 1.72. The van der Waals surface area contributed by atoms with Crippen molar-refractivity contribution in [2.45, 2.75) is 0 Å². The maximum Gasteiger partial charge on any atom is 0.119 e. The summed E-state index contributed by atoms with van der Waals surface area (Å²) in [5.41, 5.74) is 1.10. The van der Waals surface area contributed by atoms with Crippen molar-refractivity contribution in [3.8, 4) is 5.75 Å². The van der Waals surface area contributed by atoms with E-state index in [1.54, 1.807) is 7.11 Å². The third-order valence-corrected chi connectivity index (χ3v) is 1.81. The molecule has 82 valence electrons. The number of rotatable bonds is 6. The Hall–Kier alpha value is -1.32. The predicted molar refractivity (Wildman–Crippen MR) is 59.9 cm³/mol. The van der Waals surface area contributed by atoms with E-state index in [2.05, 4.69) is 0 Å². The Labute approximate surface area is 90.0 Å². The maximum absolute atomic E-state index is 8.58. The first-order valence-electron chi connectivity index (χ1n) is 4.86. The van der Waals surface area contributed by atoms with E-state index in [9.17, 15) is 0 Å². The molecule has 0 aliphatic heterocycles. The molecule has 1 aromatic carbocycles. The van der Waals surface area contributed by atoms with Gasteiger partial charge >= 0.3 is 0 Å². The highest BCUT2D eigenvalue weighted by Crippen LogP contribution is 2.12. The highest BCUT2D eigenvalue weighted by atomic mass is 16.5. The molecule has 1 N–H and O–H groups in total. The van der Waals surface area contributed by atoms with Crippen LogP contribution in [-0.4, -0.2) is 32.0 Å². The smallest absolute Gasteiger partial charge is 0.119 e. The minimum Gasteiger partial charge on any atom is -0.491 e. The fraction of sp³-hybridized carbons (Fsp3) is 0.333. The van der Waals surface area contributed by atoms with Gasteiger partial charge in [-0.15, -0.1) is 0 Å². The highest BCUT2D eigenvalue weighted by Gasteiger charge is 1.92. The van der Waals surface area contributed by atoms with Crippen LogP contribution in [0.25, 0.3) is 6.08 Å². The Morgan fingerprint density at radius 3 is 2.60 bits per heavy atom. The van der Waals surface area contributed by atoms with Gasteiger partial charge in [-0.3, -0.25) is 0 Å². The molecule has 0 radical (unpaired) electrons. The molecule has 0 atom stereocenters. The Balaban J connectivity index is 2.48. The standard InChI is InChI=1S/C12H16O3/c1-14-9-2-3-11-4-6-12(7-5-11)15-10-8-13/h2-7,13H,8-10H2,1H3. The van der Waals surface area contributed by atoms with Crippen molar-refractivity contribution < 1.29 is 14.6 Å². The molecule has 0 amide bonds. The summed E-state index contributed by atoms with van der Waals surface area (Å²) in [5, 5.41) is 8.58. The van der Waals surface area contributed by atoms with Gasteiger partial charge in [-0.05, 0) is 17.7 Å². The van der Waals surface area contributed by atoms with Gasteiger partial charge in [0.15, 0.2) is 0 Å². The van der Waals surface area contributed by atoms with Crippen LogP contribution in [0.3, 0.4) is 0 Å². The summed E-state index contributed by atoms with van der Waals surface area (Å²) in [6, 6.07) is 7.67. The largest absolute Gasteiger partial charge is 0.491 e. The first-order valence-corrected chi connectivity index (χ1v) is 4.86. The molecule has 0 saturated carbocycles. The van der Waals surface area contributed by atoms with Gasteiger partial charge in [-0.2, -0.15) is 0 Å². The zero-order chi connectivity index (χ0) is 10.9. The lowest BCUT2D eigenvalue weighted by atomic mass is 10.2. The lowest BCUT2D eigenvalue weighted by molar-refractivity contribution is 0.201. The van der Waals surface area contributed by atoms with E-state index in [1.165, 1.54) is 0 Å². The van der Waals surface area contributed by atoms with Crippen molar-refractivity contribution in [1.29, 1.82) is 0 Å². The van der Waals surface area contributed by atoms with E-state index in [-0.39, 0.29) is 6.61 Å². The topological polar surface area (TPSA) is 38.7 Å². The van der Waals surface area contributed by atoms with Crippen LogP contribution in [0.15, 0.2) is 30.3 Å². The van der Waals surface area contributed by atoms with E-state index in [0.29, 0.717) is 13.2 Å². The van der Waals surface area contributed by atoms with Crippen LogP contribution in [0.4, 0.5) is 0 Å². The molecule has 0 heterocycles. The van der Waals surface area contributed by atoms with Crippen LogP contribution in [0.5, 0.6) is 5.75 Å². The molecule has 0 bridgehead atoms. The van der Waals surface area contributed by atoms with Crippen molar-refractivity contribution in [3.05, 3.63) is 35.9 Å². The summed E-state index contributed by atoms with van der Waals surface area (Å²) in [5.74, 6) is 0.771. The SMILES string of the molecule is COCC=Cc1ccc(OCCO)cc1. The second-order valence-corrected chi connectivity index (χ2v) is 3.00. The number of aliphatic hydroxyl groups excluding tert-OH is 1. The third kappa shape index (κ3) is 4.63. The fourth-order valence-electron chi connectivity index (χ4n) is 1.12. The van der Waals surface area contributed by atoms with Gasteiger partial charge in [0, 0.05) is 7.11 Å². The molecule has 0 spiro atoms. The summed E-state index contributed by atoms with van der Waals surface area (Å²) < 4.78 is 10.1. The molecule has 0 fully saturated rings. The van der Waals surface area contributed by atoms with Crippen molar-refractivity contribution in [1.82, 2.24) is 0 Å². The van der Waals surface area contributed by atoms with Gasteiger partial charge in [0.2, 0.25) is 0 Å². The van der Waals surface area contributed by atoms with Crippen LogP contribution in [0.1, 0.15) is 5.56 Å². The van der Waals surface area contributed by atoms with E-state index in [1.807, 2.05) is 36.4 Å². The van der Waals surface area contributed by atoms with Gasteiger partial charge in [-0.25, -0.2) is 0 Å². The normalized spacial score (nSPS) is 10.8. The third-order valence-electron chi connectivity index (χ3n) is 1.81. The number of aliphatic hydroxyl groups is 1. The van der Waals surface area contributed by atoms with Crippen molar-refractivity contribution in [3.63, 3.8) is 0 Å². The second-order valence-electron chi connectivity index (χ2n) is 3.00. The quantitative estimate of drug-likeness (QED) is 0.773. The molecule has 3 nitrogen and oxygen atoms in total. The van der Waals surface area contributed by atoms with Gasteiger partial charge in [0.05, 0.1) is 13.2 Å². The molecule has 0 aromatic heterocycles. The second kappa shape index (κ2) is 7.04. The zero-order valence-electron chi connectivity index (χ0n) is 8.85. The van der Waals surface area contributed by atoms with Crippen LogP contribution in [-0.2, 0) is 4.74 Å². The molecule has 0 aliphatic rings. The molecule has 1 aromatic rings. The summed E-state index contributed by atoms with van der Waals surface area (Å²) in [6.07, 6.45) is 3.93. The maximum atomic E-state index is 8.58. The minimum atomic E-state index is 0.0372. The molecule has 3 heteroatoms. The number of methoxy groups -OCH3 is 1. The van der Waals surface area contributed by atoms with Crippen LogP contribution in [0, 0.1) is 0 Å². The van der Waals surface area contributed by atoms with Crippen molar-refractivity contribution in [2.24, 2.45) is 0 Å². The molecule has 0 aliphatic carbocycles. The molecular formula is C12H16O3. The summed E-state index contributed by atoms with van der Waals surface area (Å²) >= 11 is 0. The number of ether oxygens (including phenoxy) is 2. The summed E-state index contributed by atoms with van der Waals surface area (Å²) in [6.45, 7) is 0.983. The van der Waals surface area contributed by atoms with E-state index in [0.717, 1.165) is 11.3 Å². The Kier molecular flexibility index (Phi) is 5.51. The summed E-state index contributed by atoms with van der Waals surface area (Å²) in [4.78, 5) is 0. The zero-order valence-corrected chi connectivity index (χ0v) is 8.85. The highest BCUT2D eigenvalue weighted by molar-refractivity contribution is 5.50. The Morgan fingerprint density at radius 1 is 1.27 bits per heavy atom. The number of hydrogen-bond donors (Lipinski definition) is 1. The molecule has 1 rings (SSSR count). The molecule has 15 heavy (non-hydrogen) atoms. The minimum absolute atomic E-state index is 0.0372. The van der Waals surface area contributed by atoms with Crippen LogP contribution in [0.2, 0.25) is 0 Å². The fourth-order valence-corrected chi connectivity index (χ4v) is 1.12. The average molecular weight is 208 g/mol. The van der Waals surface area contributed by atoms with E-state index < -0.39 is 0 Å². The lowest BCUT2D eigenvalue weighted by Crippen LogP contribution is -2.01. The van der Waals surface area contributed by atoms with Crippen molar-refractivity contribution in [2.75, 3.05) is 26.9 Å². The number of hydrogen-bond acceptors (Lipinski definition) is 3. The molecular weight excluding hydrogens is 192 g/mol. The molecule has 0 unspecified atom stereocenters. The van der Waals surface area contributed by atoms with Gasteiger partial charge < -0.3 is 14.6 Å². The van der Waals surface area contributed by atoms with Gasteiger partial charge in [0.25, 0.3) is 0 Å². The Morgan fingerprint density at radius 2 is 2.00 bits per heavy atom. The van der Waals surface area contributed by atoms with Gasteiger partial charge in [-0.1, -0.05) is 24.3 Å². The van der Waals surface area contributed by atoms with E-state index >= 15 is 0 Å². The van der Waals surface area contributed by atoms with Crippen LogP contribution >= 0.6 is 0 Å². The van der Waals surface area contributed by atoms with Crippen molar-refractivity contribution >= 4 is 6.08 Å². The Bertz CT molecular complexity index is 290. The van der Waals surface area contributed by atoms with Gasteiger partial charge in [0.1, 0.15) is 12.4 Å². The number of benzene rings is 1. The summed E-state index contributed by atoms with van der Waals surface area (Å²) in [7, 11) is 1.66. The van der Waals surface area contributed by atoms with Crippen LogP contribution < -0.4 is 4.74 Å². The first-order chi connectivity index (χ1) is 7.36. The monoisotopic (exact) mass is 208 g/mol. The molecule has 0 saturated heterocycles. The average Bonchev–Trinajstić information content (AvgIpc) is 2.28. The first kappa shape index (κ1) is 11.8. The lowest BCUT2D eigenvalue weighted by Gasteiger charge is -2.03.